The molecule has 3 aromatic rings. The summed E-state index contributed by atoms with van der Waals surface area (Å²) in [7, 11) is 3.75. The van der Waals surface area contributed by atoms with E-state index < -0.39 is 12.5 Å². The largest absolute Gasteiger partial charge is 0.356 e. The van der Waals surface area contributed by atoms with Gasteiger partial charge < -0.3 is 30.4 Å². The monoisotopic (exact) mass is 440 g/mol. The molecule has 1 aliphatic carbocycles. The Labute approximate surface area is 188 Å². The molecule has 0 bridgehead atoms. The molecule has 5 rings (SSSR count). The number of benzene rings is 1. The Kier molecular flexibility index (Phi) is 6.93. The number of hydrogen-bond acceptors (Lipinski definition) is 6. The number of nitrogens with zero attached hydrogens (tertiary/aromatic N) is 4. The first-order chi connectivity index (χ1) is 15.5. The number of aliphatic hydroxyl groups is 1. The highest BCUT2D eigenvalue weighted by molar-refractivity contribution is 5.77. The van der Waals surface area contributed by atoms with Gasteiger partial charge in [-0.15, -0.1) is 0 Å². The van der Waals surface area contributed by atoms with Crippen molar-refractivity contribution in [3.05, 3.63) is 60.0 Å². The maximum absolute atomic E-state index is 13.8. The molecule has 0 saturated heterocycles. The van der Waals surface area contributed by atoms with Crippen LogP contribution in [0.1, 0.15) is 36.8 Å². The van der Waals surface area contributed by atoms with Gasteiger partial charge in [-0.3, -0.25) is 0 Å². The van der Waals surface area contributed by atoms with Crippen LogP contribution in [0, 0.1) is 0 Å². The Hall–Kier alpha value is -2.68. The Morgan fingerprint density at radius 3 is 2.69 bits per heavy atom. The molecule has 172 valence electrons. The van der Waals surface area contributed by atoms with E-state index in [0.717, 1.165) is 47.4 Å². The van der Waals surface area contributed by atoms with Crippen LogP contribution in [0.3, 0.4) is 0 Å². The molecule has 4 N–H and O–H groups in total. The second-order valence-electron chi connectivity index (χ2n) is 8.57. The number of nitrogens with one attached hydrogen (secondary N) is 1. The van der Waals surface area contributed by atoms with Crippen LogP contribution in [0.5, 0.6) is 0 Å². The first kappa shape index (κ1) is 22.5. The van der Waals surface area contributed by atoms with Crippen LogP contribution in [-0.2, 0) is 13.1 Å². The van der Waals surface area contributed by atoms with Gasteiger partial charge in [0.1, 0.15) is 11.8 Å². The van der Waals surface area contributed by atoms with Crippen molar-refractivity contribution >= 4 is 17.0 Å². The van der Waals surface area contributed by atoms with E-state index in [-0.39, 0.29) is 6.04 Å². The van der Waals surface area contributed by atoms with Crippen LogP contribution in [0.4, 0.5) is 15.8 Å². The third-order valence-corrected chi connectivity index (χ3v) is 6.46. The van der Waals surface area contributed by atoms with Crippen molar-refractivity contribution in [2.45, 2.75) is 57.3 Å². The van der Waals surface area contributed by atoms with Gasteiger partial charge in [-0.25, -0.2) is 9.37 Å². The van der Waals surface area contributed by atoms with Crippen LogP contribution in [0.25, 0.3) is 5.65 Å². The molecule has 1 saturated carbocycles. The summed E-state index contributed by atoms with van der Waals surface area (Å²) in [6, 6.07) is 10.1. The molecule has 32 heavy (non-hydrogen) atoms. The second-order valence-corrected chi connectivity index (χ2v) is 8.57. The maximum Gasteiger partial charge on any atom is 0.207 e. The lowest BCUT2D eigenvalue weighted by Gasteiger charge is -2.27. The predicted octanol–water partition coefficient (Wildman–Crippen LogP) is 3.01. The first-order valence-corrected chi connectivity index (χ1v) is 11.2. The fraction of sp³-hybridized carbons (Fsp3) is 0.458. The average molecular weight is 441 g/mol. The minimum atomic E-state index is -0.719. The Morgan fingerprint density at radius 1 is 1.12 bits per heavy atom. The highest BCUT2D eigenvalue weighted by Gasteiger charge is 2.29. The van der Waals surface area contributed by atoms with Gasteiger partial charge in [0.05, 0.1) is 11.4 Å². The molecule has 3 heterocycles. The summed E-state index contributed by atoms with van der Waals surface area (Å²) in [6.07, 6.45) is 8.04. The predicted molar refractivity (Wildman–Crippen MR) is 126 cm³/mol. The molecule has 1 fully saturated rings. The van der Waals surface area contributed by atoms with Crippen LogP contribution >= 0.6 is 0 Å². The molecule has 7 nitrogen and oxygen atoms in total. The number of hydrogen-bond donors (Lipinski definition) is 3. The highest BCUT2D eigenvalue weighted by atomic mass is 19.1. The van der Waals surface area contributed by atoms with Crippen molar-refractivity contribution in [1.82, 2.24) is 14.7 Å². The lowest BCUT2D eigenvalue weighted by atomic mass is 9.93. The van der Waals surface area contributed by atoms with E-state index in [0.29, 0.717) is 19.5 Å². The Morgan fingerprint density at radius 2 is 1.91 bits per heavy atom. The minimum absolute atomic E-state index is 0.0157. The van der Waals surface area contributed by atoms with E-state index in [4.69, 9.17) is 5.73 Å². The minimum Gasteiger partial charge on any atom is -0.356 e. The van der Waals surface area contributed by atoms with Crippen LogP contribution < -0.4 is 20.9 Å². The maximum atomic E-state index is 13.8. The standard InChI is InChI=1S/C16H24FN3O.C8H9N3/c1-19-14-8-7-11(9-15(14)20(2)16(19)21)10-18-13-6-4-3-5-12(13)17;9-6-7-2-1-4-11-5-3-10-8(7)11/h7-9,12-13,16,18,21H,3-6,10H2,1-2H3;1-5H,6,9H2/t12?,13-,16?;/m1./s1. The van der Waals surface area contributed by atoms with E-state index in [9.17, 15) is 9.50 Å². The normalized spacial score (nSPS) is 22.6. The lowest BCUT2D eigenvalue weighted by molar-refractivity contribution is 0.183. The lowest BCUT2D eigenvalue weighted by Crippen LogP contribution is -2.39. The molecule has 1 aliphatic heterocycles. The zero-order valence-electron chi connectivity index (χ0n) is 18.8. The molecule has 8 heteroatoms. The summed E-state index contributed by atoms with van der Waals surface area (Å²) in [5.41, 5.74) is 10.7. The van der Waals surface area contributed by atoms with Gasteiger partial charge in [0.25, 0.3) is 0 Å². The van der Waals surface area contributed by atoms with Gasteiger partial charge in [0, 0.05) is 57.4 Å². The summed E-state index contributed by atoms with van der Waals surface area (Å²) in [4.78, 5) is 7.86. The van der Waals surface area contributed by atoms with Gasteiger partial charge in [-0.2, -0.15) is 0 Å². The van der Waals surface area contributed by atoms with Gasteiger partial charge in [-0.1, -0.05) is 25.0 Å². The summed E-state index contributed by atoms with van der Waals surface area (Å²) in [6.45, 7) is 1.22. The zero-order chi connectivity index (χ0) is 22.7. The SMILES string of the molecule is CN1c2ccc(CN[C@@H]3CCCCC3F)cc2N(C)C1O.NCc1cccn2ccnc12. The van der Waals surface area contributed by atoms with Crippen molar-refractivity contribution in [3.63, 3.8) is 0 Å². The molecule has 0 radical (unpaired) electrons. The fourth-order valence-corrected chi connectivity index (χ4v) is 4.50. The molecule has 2 unspecified atom stereocenters. The topological polar surface area (TPSA) is 82.1 Å². The zero-order valence-corrected chi connectivity index (χ0v) is 18.8. The van der Waals surface area contributed by atoms with Gasteiger partial charge in [0.2, 0.25) is 6.35 Å². The molecule has 2 aromatic heterocycles. The van der Waals surface area contributed by atoms with Crippen LogP contribution in [-0.4, -0.2) is 47.2 Å². The molecule has 3 atom stereocenters. The van der Waals surface area contributed by atoms with Gasteiger partial charge in [-0.05, 0) is 36.6 Å². The number of aliphatic hydroxyl groups excluding tert-OH is 1. The number of alkyl halides is 1. The highest BCUT2D eigenvalue weighted by Crippen LogP contribution is 2.37. The van der Waals surface area contributed by atoms with Crippen molar-refractivity contribution in [1.29, 1.82) is 0 Å². The smallest absolute Gasteiger partial charge is 0.207 e. The van der Waals surface area contributed by atoms with E-state index >= 15 is 0 Å². The van der Waals surface area contributed by atoms with E-state index in [1.54, 1.807) is 6.20 Å². The fourth-order valence-electron chi connectivity index (χ4n) is 4.50. The summed E-state index contributed by atoms with van der Waals surface area (Å²) in [5, 5.41) is 13.4. The van der Waals surface area contributed by atoms with E-state index in [1.165, 1.54) is 0 Å². The number of aromatic nitrogens is 2. The summed E-state index contributed by atoms with van der Waals surface area (Å²) < 4.78 is 15.8. The Bertz CT molecular complexity index is 1040. The summed E-state index contributed by atoms with van der Waals surface area (Å²) in [5.74, 6) is 0. The molecule has 2 aliphatic rings. The molecular weight excluding hydrogens is 407 g/mol. The third kappa shape index (κ3) is 4.57. The quantitative estimate of drug-likeness (QED) is 0.579. The van der Waals surface area contributed by atoms with Crippen molar-refractivity contribution in [2.75, 3.05) is 23.9 Å². The van der Waals surface area contributed by atoms with Crippen molar-refractivity contribution in [2.24, 2.45) is 5.73 Å². The Balaban J connectivity index is 0.000000186. The van der Waals surface area contributed by atoms with Gasteiger partial charge >= 0.3 is 0 Å². The number of rotatable bonds is 4. The third-order valence-electron chi connectivity index (χ3n) is 6.46. The van der Waals surface area contributed by atoms with Gasteiger partial charge in [0.15, 0.2) is 0 Å². The van der Waals surface area contributed by atoms with Crippen molar-refractivity contribution < 1.29 is 9.50 Å². The number of imidazole rings is 1. The molecular formula is C24H33FN6O. The molecule has 0 amide bonds. The number of anilines is 2. The number of pyridine rings is 1. The van der Waals surface area contributed by atoms with E-state index in [2.05, 4.69) is 16.4 Å². The van der Waals surface area contributed by atoms with Crippen LogP contribution in [0.15, 0.2) is 48.9 Å². The first-order valence-electron chi connectivity index (χ1n) is 11.2. The van der Waals surface area contributed by atoms with Crippen LogP contribution in [0.2, 0.25) is 0 Å². The van der Waals surface area contributed by atoms with E-state index in [1.807, 2.05) is 65.0 Å². The number of fused-ring (bicyclic) bond motifs is 2. The van der Waals surface area contributed by atoms with Crippen molar-refractivity contribution in [3.8, 4) is 0 Å². The summed E-state index contributed by atoms with van der Waals surface area (Å²) >= 11 is 0. The number of halogens is 1. The average Bonchev–Trinajstić information content (AvgIpc) is 3.38. The number of nitrogens with two attached hydrogens (primary N) is 1. The molecule has 0 spiro atoms. The molecule has 1 aromatic carbocycles. The second kappa shape index (κ2) is 9.85.